The molecule has 1 N–H and O–H groups in total. The summed E-state index contributed by atoms with van der Waals surface area (Å²) in [7, 11) is 1.90. The van der Waals surface area contributed by atoms with Crippen LogP contribution in [0.5, 0.6) is 0 Å². The second-order valence-electron chi connectivity index (χ2n) is 3.81. The van der Waals surface area contributed by atoms with Gasteiger partial charge in [-0.1, -0.05) is 23.7 Å². The van der Waals surface area contributed by atoms with E-state index in [1.54, 1.807) is 6.26 Å². The summed E-state index contributed by atoms with van der Waals surface area (Å²) in [5, 5.41) is 4.02. The Morgan fingerprint density at radius 1 is 1.35 bits per heavy atom. The fourth-order valence-electron chi connectivity index (χ4n) is 1.88. The molecular weight excluding hydrogens is 302 g/mol. The highest BCUT2D eigenvalue weighted by atomic mass is 79.9. The van der Waals surface area contributed by atoms with Gasteiger partial charge in [-0.2, -0.15) is 0 Å². The Hall–Kier alpha value is -0.770. The highest BCUT2D eigenvalue weighted by molar-refractivity contribution is 9.10. The van der Waals surface area contributed by atoms with Crippen molar-refractivity contribution in [2.24, 2.45) is 0 Å². The zero-order chi connectivity index (χ0) is 12.4. The van der Waals surface area contributed by atoms with Gasteiger partial charge in [0.1, 0.15) is 5.76 Å². The van der Waals surface area contributed by atoms with Crippen LogP contribution in [0.25, 0.3) is 0 Å². The van der Waals surface area contributed by atoms with Crippen molar-refractivity contribution in [1.29, 1.82) is 0 Å². The molecule has 1 aromatic carbocycles. The van der Waals surface area contributed by atoms with E-state index in [-0.39, 0.29) is 6.04 Å². The first-order valence-electron chi connectivity index (χ1n) is 5.30. The first-order valence-corrected chi connectivity index (χ1v) is 6.47. The minimum absolute atomic E-state index is 0.00178. The molecule has 1 atom stereocenters. The third-order valence-electron chi connectivity index (χ3n) is 2.82. The SMILES string of the molecule is CNC(c1cccc(Cl)c1C)c1occc1Br. The van der Waals surface area contributed by atoms with E-state index in [0.717, 1.165) is 26.4 Å². The molecule has 0 saturated carbocycles. The summed E-state index contributed by atoms with van der Waals surface area (Å²) in [4.78, 5) is 0. The predicted octanol–water partition coefficient (Wildman–Crippen LogP) is 4.31. The molecule has 0 fully saturated rings. The van der Waals surface area contributed by atoms with Crippen LogP contribution in [-0.4, -0.2) is 7.05 Å². The van der Waals surface area contributed by atoms with E-state index >= 15 is 0 Å². The third-order valence-corrected chi connectivity index (χ3v) is 3.88. The van der Waals surface area contributed by atoms with Gasteiger partial charge in [0, 0.05) is 5.02 Å². The van der Waals surface area contributed by atoms with Gasteiger partial charge in [0.15, 0.2) is 0 Å². The quantitative estimate of drug-likeness (QED) is 0.913. The molecule has 1 aromatic heterocycles. The average Bonchev–Trinajstić information content (AvgIpc) is 2.72. The Morgan fingerprint density at radius 3 is 2.71 bits per heavy atom. The summed E-state index contributed by atoms with van der Waals surface area (Å²) in [6.07, 6.45) is 1.67. The number of hydrogen-bond acceptors (Lipinski definition) is 2. The average molecular weight is 315 g/mol. The van der Waals surface area contributed by atoms with Crippen molar-refractivity contribution in [1.82, 2.24) is 5.32 Å². The van der Waals surface area contributed by atoms with Crippen LogP contribution in [0.4, 0.5) is 0 Å². The van der Waals surface area contributed by atoms with E-state index in [0.29, 0.717) is 0 Å². The Morgan fingerprint density at radius 2 is 2.12 bits per heavy atom. The molecule has 0 saturated heterocycles. The minimum atomic E-state index is -0.00178. The molecule has 2 rings (SSSR count). The number of rotatable bonds is 3. The second kappa shape index (κ2) is 5.25. The van der Waals surface area contributed by atoms with E-state index in [4.69, 9.17) is 16.0 Å². The fourth-order valence-corrected chi connectivity index (χ4v) is 2.49. The molecule has 90 valence electrons. The molecule has 2 nitrogen and oxygen atoms in total. The Kier molecular flexibility index (Phi) is 3.92. The van der Waals surface area contributed by atoms with E-state index < -0.39 is 0 Å². The highest BCUT2D eigenvalue weighted by Gasteiger charge is 2.20. The molecule has 17 heavy (non-hydrogen) atoms. The van der Waals surface area contributed by atoms with Crippen molar-refractivity contribution in [2.45, 2.75) is 13.0 Å². The molecule has 0 aliphatic rings. The zero-order valence-electron chi connectivity index (χ0n) is 9.63. The monoisotopic (exact) mass is 313 g/mol. The van der Waals surface area contributed by atoms with Crippen LogP contribution >= 0.6 is 27.5 Å². The standard InChI is InChI=1S/C13H13BrClNO/c1-8-9(4-3-5-11(8)15)12(16-2)13-10(14)6-7-17-13/h3-7,12,16H,1-2H3. The van der Waals surface area contributed by atoms with Crippen LogP contribution < -0.4 is 5.32 Å². The van der Waals surface area contributed by atoms with E-state index in [9.17, 15) is 0 Å². The minimum Gasteiger partial charge on any atom is -0.466 e. The van der Waals surface area contributed by atoms with Gasteiger partial charge in [0.2, 0.25) is 0 Å². The molecule has 2 aromatic rings. The number of hydrogen-bond donors (Lipinski definition) is 1. The topological polar surface area (TPSA) is 25.2 Å². The maximum atomic E-state index is 6.15. The fraction of sp³-hybridized carbons (Fsp3) is 0.231. The van der Waals surface area contributed by atoms with Crippen molar-refractivity contribution < 1.29 is 4.42 Å². The van der Waals surface area contributed by atoms with Crippen LogP contribution in [0.2, 0.25) is 5.02 Å². The van der Waals surface area contributed by atoms with Crippen LogP contribution in [-0.2, 0) is 0 Å². The molecule has 0 radical (unpaired) electrons. The lowest BCUT2D eigenvalue weighted by molar-refractivity contribution is 0.460. The third kappa shape index (κ3) is 2.41. The van der Waals surface area contributed by atoms with Gasteiger partial charge in [-0.15, -0.1) is 0 Å². The van der Waals surface area contributed by atoms with E-state index in [1.165, 1.54) is 0 Å². The molecule has 0 spiro atoms. The molecule has 0 amide bonds. The van der Waals surface area contributed by atoms with Crippen LogP contribution in [0.1, 0.15) is 22.9 Å². The molecule has 1 heterocycles. The van der Waals surface area contributed by atoms with Gasteiger partial charge in [0.25, 0.3) is 0 Å². The summed E-state index contributed by atoms with van der Waals surface area (Å²) in [6.45, 7) is 2.01. The summed E-state index contributed by atoms with van der Waals surface area (Å²) in [5.74, 6) is 0.859. The van der Waals surface area contributed by atoms with Crippen molar-refractivity contribution >= 4 is 27.5 Å². The molecule has 0 aliphatic carbocycles. The number of halogens is 2. The van der Waals surface area contributed by atoms with Gasteiger partial charge in [0.05, 0.1) is 16.8 Å². The summed E-state index contributed by atoms with van der Waals surface area (Å²) in [5.41, 5.74) is 2.19. The first-order chi connectivity index (χ1) is 8.15. The van der Waals surface area contributed by atoms with Gasteiger partial charge in [-0.3, -0.25) is 0 Å². The Bertz CT molecular complexity index is 524. The lowest BCUT2D eigenvalue weighted by Crippen LogP contribution is -2.18. The van der Waals surface area contributed by atoms with Crippen molar-refractivity contribution in [3.63, 3.8) is 0 Å². The Labute approximate surface area is 114 Å². The smallest absolute Gasteiger partial charge is 0.139 e. The van der Waals surface area contributed by atoms with Crippen LogP contribution in [0.3, 0.4) is 0 Å². The van der Waals surface area contributed by atoms with Gasteiger partial charge < -0.3 is 9.73 Å². The largest absolute Gasteiger partial charge is 0.466 e. The Balaban J connectivity index is 2.50. The predicted molar refractivity (Wildman–Crippen MR) is 73.5 cm³/mol. The van der Waals surface area contributed by atoms with Crippen LogP contribution in [0, 0.1) is 6.92 Å². The lowest BCUT2D eigenvalue weighted by Gasteiger charge is -2.18. The lowest BCUT2D eigenvalue weighted by atomic mass is 9.99. The second-order valence-corrected chi connectivity index (χ2v) is 5.07. The van der Waals surface area contributed by atoms with Crippen LogP contribution in [0.15, 0.2) is 39.4 Å². The van der Waals surface area contributed by atoms with E-state index in [1.807, 2.05) is 32.2 Å². The summed E-state index contributed by atoms with van der Waals surface area (Å²) in [6, 6.07) is 7.78. The maximum Gasteiger partial charge on any atom is 0.139 e. The number of furan rings is 1. The normalized spacial score (nSPS) is 12.7. The maximum absolute atomic E-state index is 6.15. The van der Waals surface area contributed by atoms with Gasteiger partial charge in [-0.05, 0) is 53.2 Å². The van der Waals surface area contributed by atoms with E-state index in [2.05, 4.69) is 27.3 Å². The number of benzene rings is 1. The zero-order valence-corrected chi connectivity index (χ0v) is 12.0. The van der Waals surface area contributed by atoms with Crippen molar-refractivity contribution in [3.05, 3.63) is 56.9 Å². The first kappa shape index (κ1) is 12.7. The highest BCUT2D eigenvalue weighted by Crippen LogP contribution is 2.32. The van der Waals surface area contributed by atoms with Gasteiger partial charge >= 0.3 is 0 Å². The summed E-state index contributed by atoms with van der Waals surface area (Å²) >= 11 is 9.63. The van der Waals surface area contributed by atoms with Gasteiger partial charge in [-0.25, -0.2) is 0 Å². The summed E-state index contributed by atoms with van der Waals surface area (Å²) < 4.78 is 6.47. The molecule has 0 bridgehead atoms. The van der Waals surface area contributed by atoms with Crippen molar-refractivity contribution in [3.8, 4) is 0 Å². The molecule has 1 unspecified atom stereocenters. The molecule has 0 aliphatic heterocycles. The number of nitrogens with one attached hydrogen (secondary N) is 1. The molecular formula is C13H13BrClNO. The molecule has 4 heteroatoms. The van der Waals surface area contributed by atoms with Crippen molar-refractivity contribution in [2.75, 3.05) is 7.05 Å².